The summed E-state index contributed by atoms with van der Waals surface area (Å²) in [6.45, 7) is 5.80. The van der Waals surface area contributed by atoms with Crippen molar-refractivity contribution in [3.63, 3.8) is 0 Å². The molecule has 1 aliphatic heterocycles. The van der Waals surface area contributed by atoms with Crippen molar-refractivity contribution in [1.82, 2.24) is 4.90 Å². The number of morpholine rings is 1. The van der Waals surface area contributed by atoms with Gasteiger partial charge in [0.2, 0.25) is 5.96 Å². The minimum atomic E-state index is -0.228. The highest BCUT2D eigenvalue weighted by Gasteiger charge is 2.32. The number of nitrogens with zero attached hydrogens (tertiary/aromatic N) is 2. The fraction of sp³-hybridized carbons (Fsp3) is 0.750. The van der Waals surface area contributed by atoms with Gasteiger partial charge in [0.05, 0.1) is 18.8 Å². The van der Waals surface area contributed by atoms with Gasteiger partial charge in [-0.05, 0) is 13.8 Å². The van der Waals surface area contributed by atoms with Gasteiger partial charge in [-0.15, -0.1) is 0 Å². The molecule has 80 valence electrons. The molecule has 6 nitrogen and oxygen atoms in total. The van der Waals surface area contributed by atoms with E-state index in [-0.39, 0.29) is 17.5 Å². The molecule has 14 heavy (non-hydrogen) atoms. The molecule has 5 N–H and O–H groups in total. The highest BCUT2D eigenvalue weighted by Crippen LogP contribution is 2.19. The van der Waals surface area contributed by atoms with Gasteiger partial charge in [0.15, 0.2) is 5.96 Å². The van der Waals surface area contributed by atoms with Gasteiger partial charge in [-0.2, -0.15) is 4.99 Å². The third kappa shape index (κ3) is 2.35. The summed E-state index contributed by atoms with van der Waals surface area (Å²) in [5.74, 6) is 0.00981. The maximum absolute atomic E-state index is 7.69. The number of ether oxygens (including phenoxy) is 1. The van der Waals surface area contributed by atoms with Crippen LogP contribution in [0, 0.1) is 5.41 Å². The SMILES string of the molecule is CC1(C)COCCN1C(=N)N=C(N)N. The van der Waals surface area contributed by atoms with Crippen molar-refractivity contribution < 1.29 is 4.74 Å². The van der Waals surface area contributed by atoms with Crippen LogP contribution >= 0.6 is 0 Å². The molecule has 1 fully saturated rings. The minimum absolute atomic E-state index is 0.0858. The molecule has 0 aromatic carbocycles. The molecule has 1 heterocycles. The predicted molar refractivity (Wildman–Crippen MR) is 55.1 cm³/mol. The zero-order valence-electron chi connectivity index (χ0n) is 8.58. The number of nitrogens with one attached hydrogen (secondary N) is 1. The quantitative estimate of drug-likeness (QED) is 0.355. The second kappa shape index (κ2) is 3.83. The molecule has 0 aromatic rings. The van der Waals surface area contributed by atoms with Gasteiger partial charge in [-0.3, -0.25) is 5.41 Å². The lowest BCUT2D eigenvalue weighted by Crippen LogP contribution is -2.55. The Labute approximate surface area is 83.4 Å². The molecular weight excluding hydrogens is 182 g/mol. The van der Waals surface area contributed by atoms with Crippen molar-refractivity contribution in [2.75, 3.05) is 19.8 Å². The van der Waals surface area contributed by atoms with Crippen LogP contribution in [-0.2, 0) is 4.74 Å². The first-order valence-electron chi connectivity index (χ1n) is 4.47. The van der Waals surface area contributed by atoms with E-state index in [1.807, 2.05) is 18.7 Å². The molecule has 0 saturated carbocycles. The van der Waals surface area contributed by atoms with Crippen LogP contribution in [0.3, 0.4) is 0 Å². The lowest BCUT2D eigenvalue weighted by atomic mass is 10.0. The summed E-state index contributed by atoms with van der Waals surface area (Å²) in [6, 6.07) is 0. The number of aliphatic imine (C=N–C) groups is 1. The first kappa shape index (κ1) is 10.8. The van der Waals surface area contributed by atoms with E-state index in [9.17, 15) is 0 Å². The summed E-state index contributed by atoms with van der Waals surface area (Å²) in [5.41, 5.74) is 10.2. The Bertz CT molecular complexity index is 256. The Morgan fingerprint density at radius 1 is 1.50 bits per heavy atom. The summed E-state index contributed by atoms with van der Waals surface area (Å²) < 4.78 is 5.32. The van der Waals surface area contributed by atoms with Crippen molar-refractivity contribution >= 4 is 11.9 Å². The summed E-state index contributed by atoms with van der Waals surface area (Å²) >= 11 is 0. The van der Waals surface area contributed by atoms with E-state index < -0.39 is 0 Å². The summed E-state index contributed by atoms with van der Waals surface area (Å²) in [7, 11) is 0. The molecule has 0 bridgehead atoms. The Morgan fingerprint density at radius 2 is 2.14 bits per heavy atom. The third-order valence-corrected chi connectivity index (χ3v) is 2.14. The molecule has 0 radical (unpaired) electrons. The van der Waals surface area contributed by atoms with E-state index in [1.165, 1.54) is 0 Å². The molecule has 0 spiro atoms. The summed E-state index contributed by atoms with van der Waals surface area (Å²) in [5, 5.41) is 7.69. The molecule has 1 rings (SSSR count). The van der Waals surface area contributed by atoms with E-state index >= 15 is 0 Å². The van der Waals surface area contributed by atoms with Crippen molar-refractivity contribution in [2.24, 2.45) is 16.5 Å². The molecule has 0 amide bonds. The first-order chi connectivity index (χ1) is 6.43. The number of hydrogen-bond acceptors (Lipinski definition) is 2. The van der Waals surface area contributed by atoms with Gasteiger partial charge in [-0.1, -0.05) is 0 Å². The molecule has 1 saturated heterocycles. The fourth-order valence-corrected chi connectivity index (χ4v) is 1.43. The van der Waals surface area contributed by atoms with Crippen LogP contribution in [0.4, 0.5) is 0 Å². The second-order valence-electron chi connectivity index (χ2n) is 3.88. The van der Waals surface area contributed by atoms with Crippen LogP contribution in [0.25, 0.3) is 0 Å². The van der Waals surface area contributed by atoms with Gasteiger partial charge < -0.3 is 21.1 Å². The predicted octanol–water partition coefficient (Wildman–Crippen LogP) is -0.695. The standard InChI is InChI=1S/C8H17N5O/c1-8(2)5-14-4-3-13(8)7(11)12-6(9)10/h3-5H2,1-2H3,(H5,9,10,11,12). The van der Waals surface area contributed by atoms with Crippen LogP contribution in [0.15, 0.2) is 4.99 Å². The van der Waals surface area contributed by atoms with E-state index in [1.54, 1.807) is 0 Å². The Balaban J connectivity index is 2.75. The summed E-state index contributed by atoms with van der Waals surface area (Å²) in [4.78, 5) is 5.55. The zero-order chi connectivity index (χ0) is 10.8. The number of hydrogen-bond donors (Lipinski definition) is 3. The van der Waals surface area contributed by atoms with Crippen molar-refractivity contribution in [3.8, 4) is 0 Å². The van der Waals surface area contributed by atoms with Crippen LogP contribution in [0.1, 0.15) is 13.8 Å². The highest BCUT2D eigenvalue weighted by atomic mass is 16.5. The Hall–Kier alpha value is -1.30. The number of guanidine groups is 2. The maximum Gasteiger partial charge on any atom is 0.221 e. The normalized spacial score (nSPS) is 20.3. The minimum Gasteiger partial charge on any atom is -0.377 e. The smallest absolute Gasteiger partial charge is 0.221 e. The average Bonchev–Trinajstić information content (AvgIpc) is 2.01. The van der Waals surface area contributed by atoms with Crippen LogP contribution < -0.4 is 11.5 Å². The van der Waals surface area contributed by atoms with Crippen LogP contribution in [-0.4, -0.2) is 42.1 Å². The van der Waals surface area contributed by atoms with Gasteiger partial charge >= 0.3 is 0 Å². The molecule has 1 aliphatic rings. The Morgan fingerprint density at radius 3 is 2.64 bits per heavy atom. The highest BCUT2D eigenvalue weighted by molar-refractivity contribution is 5.92. The van der Waals surface area contributed by atoms with E-state index in [0.29, 0.717) is 19.8 Å². The zero-order valence-corrected chi connectivity index (χ0v) is 8.58. The van der Waals surface area contributed by atoms with Gasteiger partial charge in [-0.25, -0.2) is 0 Å². The van der Waals surface area contributed by atoms with E-state index in [4.69, 9.17) is 21.6 Å². The number of nitrogens with two attached hydrogens (primary N) is 2. The summed E-state index contributed by atoms with van der Waals surface area (Å²) in [6.07, 6.45) is 0. The van der Waals surface area contributed by atoms with Gasteiger partial charge in [0, 0.05) is 6.54 Å². The van der Waals surface area contributed by atoms with Crippen molar-refractivity contribution in [3.05, 3.63) is 0 Å². The topological polar surface area (TPSA) is 101 Å². The van der Waals surface area contributed by atoms with E-state index in [2.05, 4.69) is 4.99 Å². The van der Waals surface area contributed by atoms with Crippen molar-refractivity contribution in [2.45, 2.75) is 19.4 Å². The largest absolute Gasteiger partial charge is 0.377 e. The fourth-order valence-electron chi connectivity index (χ4n) is 1.43. The third-order valence-electron chi connectivity index (χ3n) is 2.14. The average molecular weight is 199 g/mol. The molecule has 0 atom stereocenters. The van der Waals surface area contributed by atoms with Gasteiger partial charge in [0.1, 0.15) is 0 Å². The molecular formula is C8H17N5O. The van der Waals surface area contributed by atoms with Gasteiger partial charge in [0.25, 0.3) is 0 Å². The number of rotatable bonds is 0. The molecule has 0 aliphatic carbocycles. The second-order valence-corrected chi connectivity index (χ2v) is 3.88. The van der Waals surface area contributed by atoms with Crippen LogP contribution in [0.5, 0.6) is 0 Å². The molecule has 0 unspecified atom stereocenters. The van der Waals surface area contributed by atoms with Crippen LogP contribution in [0.2, 0.25) is 0 Å². The lowest BCUT2D eigenvalue weighted by molar-refractivity contribution is -0.0158. The van der Waals surface area contributed by atoms with Crippen molar-refractivity contribution in [1.29, 1.82) is 5.41 Å². The maximum atomic E-state index is 7.69. The lowest BCUT2D eigenvalue weighted by Gasteiger charge is -2.42. The van der Waals surface area contributed by atoms with E-state index in [0.717, 1.165) is 0 Å². The molecule has 6 heteroatoms. The monoisotopic (exact) mass is 199 g/mol. The Kier molecular flexibility index (Phi) is 2.95. The first-order valence-corrected chi connectivity index (χ1v) is 4.47. The molecule has 0 aromatic heterocycles.